The molecule has 0 aliphatic rings. The first kappa shape index (κ1) is 12.8. The Labute approximate surface area is 77.7 Å². The molecule has 0 rings (SSSR count). The van der Waals surface area contributed by atoms with Gasteiger partial charge in [-0.05, 0) is 5.41 Å². The van der Waals surface area contributed by atoms with Crippen molar-refractivity contribution in [3.05, 3.63) is 0 Å². The van der Waals surface area contributed by atoms with Crippen LogP contribution in [0.5, 0.6) is 0 Å². The van der Waals surface area contributed by atoms with Gasteiger partial charge in [0.05, 0.1) is 0 Å². The molecule has 0 aliphatic carbocycles. The summed E-state index contributed by atoms with van der Waals surface area (Å²) in [4.78, 5) is 0. The molecule has 1 unspecified atom stereocenters. The van der Waals surface area contributed by atoms with Crippen molar-refractivity contribution < 1.29 is 13.2 Å². The van der Waals surface area contributed by atoms with Gasteiger partial charge in [-0.15, -0.1) is 0 Å². The second-order valence-electron chi connectivity index (χ2n) is 4.66. The summed E-state index contributed by atoms with van der Waals surface area (Å²) in [6, 6.07) is -1.61. The number of alkyl halides is 3. The van der Waals surface area contributed by atoms with Crippen LogP contribution < -0.4 is 5.32 Å². The maximum atomic E-state index is 12.5. The third kappa shape index (κ3) is 4.50. The van der Waals surface area contributed by atoms with E-state index in [0.717, 1.165) is 0 Å². The molecule has 0 heterocycles. The smallest absolute Gasteiger partial charge is 0.303 e. The standard InChI is InChI=1S/C9H18F3N/c1-6(2)13-7(8(3,4)5)9(10,11)12/h6-7,13H,1-5H3. The normalized spacial score (nSPS) is 16.4. The van der Waals surface area contributed by atoms with E-state index in [0.29, 0.717) is 0 Å². The van der Waals surface area contributed by atoms with Crippen LogP contribution in [0.25, 0.3) is 0 Å². The van der Waals surface area contributed by atoms with E-state index in [4.69, 9.17) is 0 Å². The fourth-order valence-electron chi connectivity index (χ4n) is 1.17. The van der Waals surface area contributed by atoms with E-state index in [-0.39, 0.29) is 6.04 Å². The second kappa shape index (κ2) is 3.86. The highest BCUT2D eigenvalue weighted by molar-refractivity contribution is 4.87. The van der Waals surface area contributed by atoms with Gasteiger partial charge in [-0.3, -0.25) is 0 Å². The largest absolute Gasteiger partial charge is 0.404 e. The van der Waals surface area contributed by atoms with Gasteiger partial charge in [0.15, 0.2) is 0 Å². The van der Waals surface area contributed by atoms with E-state index in [1.807, 2.05) is 0 Å². The SMILES string of the molecule is CC(C)NC(C(C)(C)C)C(F)(F)F. The summed E-state index contributed by atoms with van der Waals surface area (Å²) in [5, 5.41) is 2.53. The predicted molar refractivity (Wildman–Crippen MR) is 47.6 cm³/mol. The average Bonchev–Trinajstić information content (AvgIpc) is 1.77. The van der Waals surface area contributed by atoms with Crippen LogP contribution in [-0.4, -0.2) is 18.3 Å². The lowest BCUT2D eigenvalue weighted by atomic mass is 9.86. The molecule has 13 heavy (non-hydrogen) atoms. The maximum absolute atomic E-state index is 12.5. The van der Waals surface area contributed by atoms with Crippen LogP contribution in [0.3, 0.4) is 0 Å². The average molecular weight is 197 g/mol. The predicted octanol–water partition coefficient (Wildman–Crippen LogP) is 2.96. The topological polar surface area (TPSA) is 12.0 Å². The van der Waals surface area contributed by atoms with Crippen LogP contribution >= 0.6 is 0 Å². The van der Waals surface area contributed by atoms with E-state index < -0.39 is 17.6 Å². The summed E-state index contributed by atoms with van der Waals surface area (Å²) in [5.74, 6) is 0. The van der Waals surface area contributed by atoms with Gasteiger partial charge in [0, 0.05) is 6.04 Å². The van der Waals surface area contributed by atoms with Crippen LogP contribution in [0.2, 0.25) is 0 Å². The lowest BCUT2D eigenvalue weighted by Crippen LogP contribution is -2.53. The third-order valence-electron chi connectivity index (χ3n) is 1.69. The van der Waals surface area contributed by atoms with Gasteiger partial charge in [-0.2, -0.15) is 13.2 Å². The van der Waals surface area contributed by atoms with Crippen molar-refractivity contribution in [2.24, 2.45) is 5.41 Å². The molecule has 0 saturated carbocycles. The Morgan fingerprint density at radius 2 is 1.38 bits per heavy atom. The third-order valence-corrected chi connectivity index (χ3v) is 1.69. The Kier molecular flexibility index (Phi) is 3.79. The Balaban J connectivity index is 4.58. The van der Waals surface area contributed by atoms with Crippen molar-refractivity contribution in [1.29, 1.82) is 0 Å². The molecule has 1 nitrogen and oxygen atoms in total. The molecular weight excluding hydrogens is 179 g/mol. The molecule has 4 heteroatoms. The van der Waals surface area contributed by atoms with Crippen molar-refractivity contribution in [2.45, 2.75) is 52.9 Å². The highest BCUT2D eigenvalue weighted by Gasteiger charge is 2.46. The molecule has 1 atom stereocenters. The summed E-state index contributed by atoms with van der Waals surface area (Å²) < 4.78 is 37.5. The first-order valence-electron chi connectivity index (χ1n) is 4.38. The van der Waals surface area contributed by atoms with E-state index in [1.54, 1.807) is 34.6 Å². The van der Waals surface area contributed by atoms with E-state index in [9.17, 15) is 13.2 Å². The van der Waals surface area contributed by atoms with Gasteiger partial charge in [-0.1, -0.05) is 34.6 Å². The van der Waals surface area contributed by atoms with E-state index in [1.165, 1.54) is 0 Å². The number of hydrogen-bond acceptors (Lipinski definition) is 1. The molecule has 80 valence electrons. The molecule has 0 fully saturated rings. The zero-order valence-corrected chi connectivity index (χ0v) is 8.79. The van der Waals surface area contributed by atoms with Crippen molar-refractivity contribution in [2.75, 3.05) is 0 Å². The molecule has 0 saturated heterocycles. The van der Waals surface area contributed by atoms with E-state index in [2.05, 4.69) is 5.32 Å². The minimum atomic E-state index is -4.18. The van der Waals surface area contributed by atoms with Gasteiger partial charge < -0.3 is 5.32 Å². The molecule has 0 aromatic carbocycles. The van der Waals surface area contributed by atoms with E-state index >= 15 is 0 Å². The monoisotopic (exact) mass is 197 g/mol. The zero-order valence-electron chi connectivity index (χ0n) is 8.79. The lowest BCUT2D eigenvalue weighted by Gasteiger charge is -2.34. The minimum Gasteiger partial charge on any atom is -0.303 e. The Hall–Kier alpha value is -0.250. The summed E-state index contributed by atoms with van der Waals surface area (Å²) in [7, 11) is 0. The van der Waals surface area contributed by atoms with Gasteiger partial charge in [0.1, 0.15) is 6.04 Å². The Morgan fingerprint density at radius 1 is 1.00 bits per heavy atom. The van der Waals surface area contributed by atoms with Crippen LogP contribution in [0.1, 0.15) is 34.6 Å². The zero-order chi connectivity index (χ0) is 10.9. The van der Waals surface area contributed by atoms with Crippen molar-refractivity contribution >= 4 is 0 Å². The summed E-state index contributed by atoms with van der Waals surface area (Å²) in [6.07, 6.45) is -4.18. The van der Waals surface area contributed by atoms with Crippen LogP contribution in [0.15, 0.2) is 0 Å². The molecule has 0 spiro atoms. The van der Waals surface area contributed by atoms with Crippen molar-refractivity contribution in [3.63, 3.8) is 0 Å². The highest BCUT2D eigenvalue weighted by atomic mass is 19.4. The molecule has 1 N–H and O–H groups in total. The maximum Gasteiger partial charge on any atom is 0.404 e. The first-order valence-corrected chi connectivity index (χ1v) is 4.38. The fraction of sp³-hybridized carbons (Fsp3) is 1.00. The number of rotatable bonds is 2. The molecule has 0 aromatic heterocycles. The van der Waals surface area contributed by atoms with Gasteiger partial charge >= 0.3 is 6.18 Å². The lowest BCUT2D eigenvalue weighted by molar-refractivity contribution is -0.179. The van der Waals surface area contributed by atoms with Gasteiger partial charge in [-0.25, -0.2) is 0 Å². The molecule has 0 bridgehead atoms. The van der Waals surface area contributed by atoms with Crippen LogP contribution in [0.4, 0.5) is 13.2 Å². The number of hydrogen-bond donors (Lipinski definition) is 1. The minimum absolute atomic E-state index is 0.161. The molecule has 0 amide bonds. The fourth-order valence-corrected chi connectivity index (χ4v) is 1.17. The van der Waals surface area contributed by atoms with Crippen LogP contribution in [0, 0.1) is 5.41 Å². The molecule has 0 aliphatic heterocycles. The summed E-state index contributed by atoms with van der Waals surface area (Å²) in [5.41, 5.74) is -0.803. The van der Waals surface area contributed by atoms with Crippen molar-refractivity contribution in [1.82, 2.24) is 5.32 Å². The summed E-state index contributed by atoms with van der Waals surface area (Å²) >= 11 is 0. The summed E-state index contributed by atoms with van der Waals surface area (Å²) in [6.45, 7) is 8.18. The van der Waals surface area contributed by atoms with Crippen molar-refractivity contribution in [3.8, 4) is 0 Å². The van der Waals surface area contributed by atoms with Crippen LogP contribution in [-0.2, 0) is 0 Å². The molecular formula is C9H18F3N. The quantitative estimate of drug-likeness (QED) is 0.717. The second-order valence-corrected chi connectivity index (χ2v) is 4.66. The molecule has 0 aromatic rings. The first-order chi connectivity index (χ1) is 5.55. The molecule has 0 radical (unpaired) electrons. The Morgan fingerprint density at radius 3 is 1.46 bits per heavy atom. The number of nitrogens with one attached hydrogen (secondary N) is 1. The van der Waals surface area contributed by atoms with Gasteiger partial charge in [0.2, 0.25) is 0 Å². The Bertz CT molecular complexity index is 141. The highest BCUT2D eigenvalue weighted by Crippen LogP contribution is 2.33. The van der Waals surface area contributed by atoms with Gasteiger partial charge in [0.25, 0.3) is 0 Å². The number of halogens is 3.